The number of nitrogens with zero attached hydrogens (tertiary/aromatic N) is 4. The standard InChI is InChI=1S/C13H13N5O2S/c1-8(9-6-18-13(16-9)21-7-14-18)15-12(20)11(19)10-4-3-5-17(10)2/h3-8H,1-2H3,(H,15,20). The fourth-order valence-electron chi connectivity index (χ4n) is 2.01. The molecular formula is C13H13N5O2S. The van der Waals surface area contributed by atoms with Crippen molar-refractivity contribution < 1.29 is 9.59 Å². The summed E-state index contributed by atoms with van der Waals surface area (Å²) in [5.41, 5.74) is 2.71. The summed E-state index contributed by atoms with van der Waals surface area (Å²) in [7, 11) is 1.72. The predicted octanol–water partition coefficient (Wildman–Crippen LogP) is 1.19. The quantitative estimate of drug-likeness (QED) is 0.580. The van der Waals surface area contributed by atoms with E-state index in [1.165, 1.54) is 11.3 Å². The number of ketones is 1. The fourth-order valence-corrected chi connectivity index (χ4v) is 2.62. The van der Waals surface area contributed by atoms with Gasteiger partial charge in [-0.2, -0.15) is 5.10 Å². The maximum Gasteiger partial charge on any atom is 0.294 e. The van der Waals surface area contributed by atoms with Crippen LogP contribution in [0.1, 0.15) is 29.1 Å². The van der Waals surface area contributed by atoms with E-state index >= 15 is 0 Å². The second-order valence-corrected chi connectivity index (χ2v) is 5.47. The van der Waals surface area contributed by atoms with Crippen LogP contribution in [0.15, 0.2) is 30.0 Å². The molecule has 0 aliphatic carbocycles. The Labute approximate surface area is 124 Å². The molecule has 0 bridgehead atoms. The maximum absolute atomic E-state index is 12.0. The minimum absolute atomic E-state index is 0.354. The van der Waals surface area contributed by atoms with E-state index in [4.69, 9.17) is 0 Å². The van der Waals surface area contributed by atoms with Crippen LogP contribution in [0.4, 0.5) is 0 Å². The molecule has 0 fully saturated rings. The van der Waals surface area contributed by atoms with Crippen molar-refractivity contribution in [3.8, 4) is 0 Å². The number of Topliss-reactive ketones (excluding diaryl/α,β-unsaturated/α-hetero) is 1. The Hall–Kier alpha value is -2.48. The lowest BCUT2D eigenvalue weighted by Crippen LogP contribution is -2.34. The third-order valence-electron chi connectivity index (χ3n) is 3.18. The van der Waals surface area contributed by atoms with Crippen LogP contribution >= 0.6 is 11.3 Å². The summed E-state index contributed by atoms with van der Waals surface area (Å²) in [6.07, 6.45) is 3.46. The Morgan fingerprint density at radius 2 is 2.24 bits per heavy atom. The van der Waals surface area contributed by atoms with Gasteiger partial charge < -0.3 is 9.88 Å². The molecule has 1 unspecified atom stereocenters. The fraction of sp³-hybridized carbons (Fsp3) is 0.231. The summed E-state index contributed by atoms with van der Waals surface area (Å²) >= 11 is 1.41. The minimum atomic E-state index is -0.645. The van der Waals surface area contributed by atoms with E-state index < -0.39 is 11.7 Å². The third kappa shape index (κ3) is 2.45. The van der Waals surface area contributed by atoms with Crippen molar-refractivity contribution in [2.24, 2.45) is 7.05 Å². The molecule has 0 saturated heterocycles. The van der Waals surface area contributed by atoms with Crippen molar-refractivity contribution in [1.29, 1.82) is 0 Å². The van der Waals surface area contributed by atoms with Gasteiger partial charge in [0.2, 0.25) is 4.96 Å². The van der Waals surface area contributed by atoms with E-state index in [-0.39, 0.29) is 6.04 Å². The second-order valence-electron chi connectivity index (χ2n) is 4.66. The lowest BCUT2D eigenvalue weighted by atomic mass is 10.2. The number of fused-ring (bicyclic) bond motifs is 1. The van der Waals surface area contributed by atoms with E-state index in [1.54, 1.807) is 53.1 Å². The molecule has 21 heavy (non-hydrogen) atoms. The van der Waals surface area contributed by atoms with Crippen LogP contribution in [0, 0.1) is 0 Å². The Kier molecular flexibility index (Phi) is 3.30. The smallest absolute Gasteiger partial charge is 0.294 e. The van der Waals surface area contributed by atoms with E-state index in [9.17, 15) is 9.59 Å². The minimum Gasteiger partial charge on any atom is -0.348 e. The molecule has 3 rings (SSSR count). The molecule has 8 heteroatoms. The van der Waals surface area contributed by atoms with Crippen LogP contribution in [-0.4, -0.2) is 30.9 Å². The highest BCUT2D eigenvalue weighted by atomic mass is 32.1. The summed E-state index contributed by atoms with van der Waals surface area (Å²) < 4.78 is 3.25. The van der Waals surface area contributed by atoms with Crippen LogP contribution in [0.5, 0.6) is 0 Å². The van der Waals surface area contributed by atoms with Crippen molar-refractivity contribution in [3.63, 3.8) is 0 Å². The number of nitrogens with one attached hydrogen (secondary N) is 1. The average molecular weight is 303 g/mol. The molecule has 1 N–H and O–H groups in total. The molecule has 1 amide bonds. The molecule has 1 atom stereocenters. The highest BCUT2D eigenvalue weighted by molar-refractivity contribution is 7.14. The molecule has 0 aliphatic heterocycles. The van der Waals surface area contributed by atoms with Crippen LogP contribution in [-0.2, 0) is 11.8 Å². The second kappa shape index (κ2) is 5.13. The van der Waals surface area contributed by atoms with Crippen LogP contribution in [0.2, 0.25) is 0 Å². The first-order chi connectivity index (χ1) is 10.1. The molecular weight excluding hydrogens is 290 g/mol. The van der Waals surface area contributed by atoms with Crippen molar-refractivity contribution in [2.75, 3.05) is 0 Å². The highest BCUT2D eigenvalue weighted by Crippen LogP contribution is 2.15. The monoisotopic (exact) mass is 303 g/mol. The largest absolute Gasteiger partial charge is 0.348 e. The third-order valence-corrected chi connectivity index (χ3v) is 3.87. The topological polar surface area (TPSA) is 81.3 Å². The summed E-state index contributed by atoms with van der Waals surface area (Å²) in [5.74, 6) is -1.21. The number of carbonyl (C=O) groups is 2. The Morgan fingerprint density at radius 1 is 1.43 bits per heavy atom. The van der Waals surface area contributed by atoms with Gasteiger partial charge in [0.15, 0.2) is 0 Å². The molecule has 108 valence electrons. The number of aromatic nitrogens is 4. The predicted molar refractivity (Wildman–Crippen MR) is 77.2 cm³/mol. The zero-order chi connectivity index (χ0) is 15.0. The summed E-state index contributed by atoms with van der Waals surface area (Å²) in [4.78, 5) is 29.2. The molecule has 3 heterocycles. The van der Waals surface area contributed by atoms with Crippen molar-refractivity contribution in [1.82, 2.24) is 24.5 Å². The Balaban J connectivity index is 1.73. The van der Waals surface area contributed by atoms with Gasteiger partial charge in [-0.15, -0.1) is 0 Å². The SMILES string of the molecule is CC(NC(=O)C(=O)c1cccn1C)c1cn2ncsc2n1. The number of hydrogen-bond acceptors (Lipinski definition) is 5. The molecule has 0 saturated carbocycles. The Morgan fingerprint density at radius 3 is 2.90 bits per heavy atom. The molecule has 0 radical (unpaired) electrons. The maximum atomic E-state index is 12.0. The first kappa shape index (κ1) is 13.5. The van der Waals surface area contributed by atoms with Gasteiger partial charge in [-0.3, -0.25) is 9.59 Å². The number of rotatable bonds is 4. The van der Waals surface area contributed by atoms with Gasteiger partial charge in [-0.25, -0.2) is 9.50 Å². The highest BCUT2D eigenvalue weighted by Gasteiger charge is 2.22. The van der Waals surface area contributed by atoms with Gasteiger partial charge in [-0.05, 0) is 19.1 Å². The number of amides is 1. The van der Waals surface area contributed by atoms with Crippen molar-refractivity contribution in [2.45, 2.75) is 13.0 Å². The summed E-state index contributed by atoms with van der Waals surface area (Å²) in [6, 6.07) is 2.97. The van der Waals surface area contributed by atoms with E-state index in [1.807, 2.05) is 0 Å². The van der Waals surface area contributed by atoms with Crippen LogP contribution < -0.4 is 5.32 Å². The van der Waals surface area contributed by atoms with Crippen LogP contribution in [0.25, 0.3) is 4.96 Å². The molecule has 3 aromatic rings. The lowest BCUT2D eigenvalue weighted by Gasteiger charge is -2.10. The van der Waals surface area contributed by atoms with Crippen molar-refractivity contribution >= 4 is 28.0 Å². The lowest BCUT2D eigenvalue weighted by molar-refractivity contribution is -0.117. The molecule has 3 aromatic heterocycles. The average Bonchev–Trinajstić information content (AvgIpc) is 3.12. The summed E-state index contributed by atoms with van der Waals surface area (Å²) in [6.45, 7) is 1.78. The van der Waals surface area contributed by atoms with E-state index in [0.29, 0.717) is 11.4 Å². The normalized spacial score (nSPS) is 12.5. The van der Waals surface area contributed by atoms with Gasteiger partial charge in [-0.1, -0.05) is 11.3 Å². The van der Waals surface area contributed by atoms with Gasteiger partial charge >= 0.3 is 0 Å². The van der Waals surface area contributed by atoms with Gasteiger partial charge in [0.05, 0.1) is 23.6 Å². The molecule has 0 spiro atoms. The summed E-state index contributed by atoms with van der Waals surface area (Å²) in [5, 5.41) is 6.74. The number of aryl methyl sites for hydroxylation is 1. The van der Waals surface area contributed by atoms with Crippen LogP contribution in [0.3, 0.4) is 0 Å². The van der Waals surface area contributed by atoms with E-state index in [0.717, 1.165) is 4.96 Å². The van der Waals surface area contributed by atoms with Gasteiger partial charge in [0.25, 0.3) is 11.7 Å². The van der Waals surface area contributed by atoms with Gasteiger partial charge in [0, 0.05) is 13.2 Å². The molecule has 7 nitrogen and oxygen atoms in total. The van der Waals surface area contributed by atoms with Gasteiger partial charge in [0.1, 0.15) is 5.51 Å². The number of carbonyl (C=O) groups excluding carboxylic acids is 2. The van der Waals surface area contributed by atoms with Crippen molar-refractivity contribution in [3.05, 3.63) is 41.4 Å². The molecule has 0 aliphatic rings. The molecule has 0 aromatic carbocycles. The zero-order valence-corrected chi connectivity index (χ0v) is 12.3. The number of hydrogen-bond donors (Lipinski definition) is 1. The first-order valence-electron chi connectivity index (χ1n) is 6.31. The van der Waals surface area contributed by atoms with E-state index in [2.05, 4.69) is 15.4 Å². The first-order valence-corrected chi connectivity index (χ1v) is 7.19. The Bertz CT molecular complexity index is 787. The zero-order valence-electron chi connectivity index (χ0n) is 11.5. The number of imidazole rings is 1.